The maximum Gasteiger partial charge on any atom is 0.0707 e. The molecule has 0 atom stereocenters. The summed E-state index contributed by atoms with van der Waals surface area (Å²) >= 11 is 0. The Bertz CT molecular complexity index is 775. The van der Waals surface area contributed by atoms with Gasteiger partial charge in [0.25, 0.3) is 0 Å². The van der Waals surface area contributed by atoms with Crippen molar-refractivity contribution in [2.24, 2.45) is 0 Å². The highest BCUT2D eigenvalue weighted by Gasteiger charge is 2.10. The van der Waals surface area contributed by atoms with Gasteiger partial charge in [-0.1, -0.05) is 74.9 Å². The van der Waals surface area contributed by atoms with Crippen molar-refractivity contribution in [3.05, 3.63) is 78.0 Å². The second-order valence-corrected chi connectivity index (χ2v) is 5.85. The smallest absolute Gasteiger partial charge is 0.0707 e. The van der Waals surface area contributed by atoms with Crippen LogP contribution >= 0.6 is 0 Å². The summed E-state index contributed by atoms with van der Waals surface area (Å²) in [4.78, 5) is 4.78. The van der Waals surface area contributed by atoms with Crippen LogP contribution < -0.4 is 0 Å². The third kappa shape index (κ3) is 3.34. The fourth-order valence-electron chi connectivity index (χ4n) is 3.07. The van der Waals surface area contributed by atoms with Gasteiger partial charge in [0.2, 0.25) is 0 Å². The van der Waals surface area contributed by atoms with Crippen LogP contribution in [-0.2, 0) is 12.8 Å². The maximum absolute atomic E-state index is 4.78. The number of rotatable bonds is 5. The van der Waals surface area contributed by atoms with Crippen LogP contribution in [0.15, 0.2) is 66.9 Å². The Balaban J connectivity index is 2.07. The van der Waals surface area contributed by atoms with E-state index in [1.807, 2.05) is 6.20 Å². The van der Waals surface area contributed by atoms with Crippen LogP contribution in [0.2, 0.25) is 0 Å². The van der Waals surface area contributed by atoms with Gasteiger partial charge in [-0.15, -0.1) is 0 Å². The topological polar surface area (TPSA) is 12.9 Å². The van der Waals surface area contributed by atoms with Crippen LogP contribution in [0.1, 0.15) is 31.4 Å². The van der Waals surface area contributed by atoms with Gasteiger partial charge in [0, 0.05) is 17.3 Å². The molecular weight excluding hydrogens is 278 g/mol. The lowest BCUT2D eigenvalue weighted by molar-refractivity contribution is 0.922. The Labute approximate surface area is 139 Å². The molecule has 0 unspecified atom stereocenters. The first-order chi connectivity index (χ1) is 11.3. The van der Waals surface area contributed by atoms with Gasteiger partial charge in [0.05, 0.1) is 5.69 Å². The van der Waals surface area contributed by atoms with Crippen LogP contribution in [0.25, 0.3) is 22.4 Å². The molecule has 0 amide bonds. The lowest BCUT2D eigenvalue weighted by Crippen LogP contribution is -1.95. The summed E-state index contributed by atoms with van der Waals surface area (Å²) in [7, 11) is 0. The van der Waals surface area contributed by atoms with Gasteiger partial charge in [-0.2, -0.15) is 0 Å². The number of pyridine rings is 1. The Kier molecular flexibility index (Phi) is 4.87. The lowest BCUT2D eigenvalue weighted by atomic mass is 9.95. The normalized spacial score (nSPS) is 10.7. The summed E-state index contributed by atoms with van der Waals surface area (Å²) in [5.41, 5.74) is 7.58. The third-order valence-electron chi connectivity index (χ3n) is 4.27. The first kappa shape index (κ1) is 15.5. The molecule has 0 radical (unpaired) electrons. The summed E-state index contributed by atoms with van der Waals surface area (Å²) in [5.74, 6) is 0. The molecule has 0 saturated heterocycles. The number of aromatic nitrogens is 1. The highest BCUT2D eigenvalue weighted by molar-refractivity contribution is 5.71. The quantitative estimate of drug-likeness (QED) is 0.569. The Hall–Kier alpha value is -2.41. The summed E-state index contributed by atoms with van der Waals surface area (Å²) in [6.45, 7) is 4.43. The van der Waals surface area contributed by atoms with Gasteiger partial charge >= 0.3 is 0 Å². The Morgan fingerprint density at radius 3 is 2.26 bits per heavy atom. The molecule has 2 aromatic carbocycles. The minimum Gasteiger partial charge on any atom is -0.256 e. The van der Waals surface area contributed by atoms with Crippen LogP contribution in [-0.4, -0.2) is 4.98 Å². The molecule has 116 valence electrons. The second kappa shape index (κ2) is 7.23. The van der Waals surface area contributed by atoms with Crippen molar-refractivity contribution in [2.75, 3.05) is 0 Å². The van der Waals surface area contributed by atoms with Crippen molar-refractivity contribution in [2.45, 2.75) is 33.1 Å². The number of hydrogen-bond donors (Lipinski definition) is 0. The average Bonchev–Trinajstić information content (AvgIpc) is 2.63. The van der Waals surface area contributed by atoms with Crippen molar-refractivity contribution < 1.29 is 0 Å². The number of nitrogens with zero attached hydrogens (tertiary/aromatic N) is 1. The van der Waals surface area contributed by atoms with Gasteiger partial charge in [0.15, 0.2) is 0 Å². The van der Waals surface area contributed by atoms with Crippen LogP contribution in [0.3, 0.4) is 0 Å². The fraction of sp³-hybridized carbons (Fsp3) is 0.227. The van der Waals surface area contributed by atoms with Crippen LogP contribution in [0, 0.1) is 0 Å². The molecule has 0 aliphatic rings. The molecule has 0 N–H and O–H groups in total. The van der Waals surface area contributed by atoms with E-state index in [0.717, 1.165) is 25.0 Å². The molecular formula is C22H23N. The molecule has 1 nitrogen and oxygen atoms in total. The third-order valence-corrected chi connectivity index (χ3v) is 4.27. The summed E-state index contributed by atoms with van der Waals surface area (Å²) in [6.07, 6.45) is 5.29. The van der Waals surface area contributed by atoms with Crippen LogP contribution in [0.5, 0.6) is 0 Å². The van der Waals surface area contributed by atoms with Crippen molar-refractivity contribution in [3.63, 3.8) is 0 Å². The Morgan fingerprint density at radius 1 is 0.783 bits per heavy atom. The molecule has 1 heterocycles. The average molecular weight is 301 g/mol. The molecule has 0 spiro atoms. The van der Waals surface area contributed by atoms with E-state index in [1.54, 1.807) is 0 Å². The van der Waals surface area contributed by atoms with E-state index in [2.05, 4.69) is 74.5 Å². The van der Waals surface area contributed by atoms with Crippen LogP contribution in [0.4, 0.5) is 0 Å². The monoisotopic (exact) mass is 301 g/mol. The van der Waals surface area contributed by atoms with E-state index in [-0.39, 0.29) is 0 Å². The summed E-state index contributed by atoms with van der Waals surface area (Å²) < 4.78 is 0. The summed E-state index contributed by atoms with van der Waals surface area (Å²) in [6, 6.07) is 21.4. The van der Waals surface area contributed by atoms with Gasteiger partial charge < -0.3 is 0 Å². The van der Waals surface area contributed by atoms with Crippen molar-refractivity contribution in [1.29, 1.82) is 0 Å². The zero-order chi connectivity index (χ0) is 16.1. The Morgan fingerprint density at radius 2 is 1.52 bits per heavy atom. The molecule has 23 heavy (non-hydrogen) atoms. The predicted molar refractivity (Wildman–Crippen MR) is 98.5 cm³/mol. The molecule has 3 aromatic rings. The van der Waals surface area contributed by atoms with E-state index in [9.17, 15) is 0 Å². The van der Waals surface area contributed by atoms with Crippen molar-refractivity contribution in [1.82, 2.24) is 4.98 Å². The van der Waals surface area contributed by atoms with Gasteiger partial charge in [-0.3, -0.25) is 4.98 Å². The lowest BCUT2D eigenvalue weighted by Gasteiger charge is -2.12. The second-order valence-electron chi connectivity index (χ2n) is 5.85. The van der Waals surface area contributed by atoms with Gasteiger partial charge in [-0.05, 0) is 35.6 Å². The molecule has 0 fully saturated rings. The minimum atomic E-state index is 1.01. The van der Waals surface area contributed by atoms with E-state index in [4.69, 9.17) is 4.98 Å². The largest absolute Gasteiger partial charge is 0.256 e. The van der Waals surface area contributed by atoms with E-state index in [0.29, 0.717) is 0 Å². The maximum atomic E-state index is 4.78. The first-order valence-corrected chi connectivity index (χ1v) is 8.46. The molecule has 0 aliphatic carbocycles. The van der Waals surface area contributed by atoms with E-state index >= 15 is 0 Å². The molecule has 0 saturated carbocycles. The molecule has 1 aromatic heterocycles. The SMILES string of the molecule is CCCc1ccccc1-c1cc(CC)c(-c2ccccc2)cn1. The minimum absolute atomic E-state index is 1.01. The fourth-order valence-corrected chi connectivity index (χ4v) is 3.07. The zero-order valence-corrected chi connectivity index (χ0v) is 13.9. The standard InChI is InChI=1S/C22H23N/c1-3-10-18-13-8-9-14-20(18)22-15-17(4-2)21(16-23-22)19-11-6-5-7-12-19/h5-9,11-16H,3-4,10H2,1-2H3. The molecule has 0 bridgehead atoms. The summed E-state index contributed by atoms with van der Waals surface area (Å²) in [5, 5.41) is 0. The number of benzene rings is 2. The van der Waals surface area contributed by atoms with Crippen molar-refractivity contribution >= 4 is 0 Å². The molecule has 3 rings (SSSR count). The number of aryl methyl sites for hydroxylation is 2. The highest BCUT2D eigenvalue weighted by atomic mass is 14.7. The predicted octanol–water partition coefficient (Wildman–Crippen LogP) is 5.93. The molecule has 0 aliphatic heterocycles. The highest BCUT2D eigenvalue weighted by Crippen LogP contribution is 2.29. The van der Waals surface area contributed by atoms with E-state index < -0.39 is 0 Å². The van der Waals surface area contributed by atoms with Gasteiger partial charge in [-0.25, -0.2) is 0 Å². The first-order valence-electron chi connectivity index (χ1n) is 8.46. The molecule has 1 heteroatoms. The van der Waals surface area contributed by atoms with Gasteiger partial charge in [0.1, 0.15) is 0 Å². The van der Waals surface area contributed by atoms with E-state index in [1.165, 1.54) is 27.8 Å². The zero-order valence-electron chi connectivity index (χ0n) is 13.9. The van der Waals surface area contributed by atoms with Crippen molar-refractivity contribution in [3.8, 4) is 22.4 Å². The number of hydrogen-bond acceptors (Lipinski definition) is 1.